The smallest absolute Gasteiger partial charge is 0.261 e. The van der Waals surface area contributed by atoms with E-state index in [1.807, 2.05) is 19.1 Å². The van der Waals surface area contributed by atoms with Crippen LogP contribution in [0, 0.1) is 18.3 Å². The van der Waals surface area contributed by atoms with Crippen molar-refractivity contribution in [1.29, 1.82) is 5.26 Å². The Bertz CT molecular complexity index is 529. The van der Waals surface area contributed by atoms with Gasteiger partial charge < -0.3 is 0 Å². The van der Waals surface area contributed by atoms with E-state index in [1.54, 1.807) is 12.1 Å². The van der Waals surface area contributed by atoms with E-state index in [-0.39, 0.29) is 11.8 Å². The van der Waals surface area contributed by atoms with Crippen molar-refractivity contribution >= 4 is 11.8 Å². The number of carbonyl (C=O) groups is 2. The number of carbonyl (C=O) groups excluding carboxylic acids is 2. The first kappa shape index (κ1) is 11.3. The number of hydrogen-bond donors (Lipinski definition) is 0. The molecule has 0 bridgehead atoms. The molecule has 1 aliphatic rings. The molecule has 4 nitrogen and oxygen atoms in total. The SMILES string of the molecule is Cc1ccc2c(c1)C(=O)N(CCCC#N)C2=O. The van der Waals surface area contributed by atoms with Gasteiger partial charge in [0.05, 0.1) is 17.2 Å². The summed E-state index contributed by atoms with van der Waals surface area (Å²) >= 11 is 0. The summed E-state index contributed by atoms with van der Waals surface area (Å²) in [5.41, 5.74) is 1.91. The van der Waals surface area contributed by atoms with Crippen molar-refractivity contribution in [3.05, 3.63) is 34.9 Å². The Morgan fingerprint density at radius 2 is 1.94 bits per heavy atom. The summed E-state index contributed by atoms with van der Waals surface area (Å²) in [5.74, 6) is -0.491. The molecule has 1 aromatic carbocycles. The molecule has 0 aliphatic carbocycles. The molecular weight excluding hydrogens is 216 g/mol. The number of rotatable bonds is 3. The third kappa shape index (κ3) is 1.92. The van der Waals surface area contributed by atoms with Crippen molar-refractivity contribution in [2.24, 2.45) is 0 Å². The van der Waals surface area contributed by atoms with Crippen LogP contribution in [0.25, 0.3) is 0 Å². The van der Waals surface area contributed by atoms with Crippen molar-refractivity contribution in [3.8, 4) is 6.07 Å². The van der Waals surface area contributed by atoms with Crippen molar-refractivity contribution in [2.45, 2.75) is 19.8 Å². The molecular formula is C13H12N2O2. The van der Waals surface area contributed by atoms with Gasteiger partial charge in [0.15, 0.2) is 0 Å². The fourth-order valence-electron chi connectivity index (χ4n) is 1.92. The number of nitrogens with zero attached hydrogens (tertiary/aromatic N) is 2. The molecule has 2 amide bonds. The number of unbranched alkanes of at least 4 members (excludes halogenated alkanes) is 1. The van der Waals surface area contributed by atoms with Gasteiger partial charge in [0.2, 0.25) is 0 Å². The molecule has 0 spiro atoms. The van der Waals surface area contributed by atoms with Crippen LogP contribution in [0.5, 0.6) is 0 Å². The molecule has 4 heteroatoms. The lowest BCUT2D eigenvalue weighted by Gasteiger charge is -2.11. The molecule has 0 saturated heterocycles. The van der Waals surface area contributed by atoms with Crippen molar-refractivity contribution < 1.29 is 9.59 Å². The lowest BCUT2D eigenvalue weighted by Crippen LogP contribution is -2.30. The second-order valence-electron chi connectivity index (χ2n) is 4.07. The van der Waals surface area contributed by atoms with E-state index in [0.717, 1.165) is 5.56 Å². The van der Waals surface area contributed by atoms with Crippen LogP contribution in [0.3, 0.4) is 0 Å². The summed E-state index contributed by atoms with van der Waals surface area (Å²) in [4.78, 5) is 25.1. The number of imide groups is 1. The quantitative estimate of drug-likeness (QED) is 0.586. The normalized spacial score (nSPS) is 13.8. The van der Waals surface area contributed by atoms with Crippen LogP contribution in [0.1, 0.15) is 39.1 Å². The minimum absolute atomic E-state index is 0.244. The molecule has 1 aliphatic heterocycles. The fourth-order valence-corrected chi connectivity index (χ4v) is 1.92. The van der Waals surface area contributed by atoms with Crippen LogP contribution in [-0.2, 0) is 0 Å². The molecule has 0 N–H and O–H groups in total. The number of nitriles is 1. The predicted octanol–water partition coefficient (Wildman–Crippen LogP) is 1.89. The number of benzene rings is 1. The Kier molecular flexibility index (Phi) is 2.92. The van der Waals surface area contributed by atoms with Gasteiger partial charge in [0.1, 0.15) is 0 Å². The first-order valence-electron chi connectivity index (χ1n) is 5.49. The van der Waals surface area contributed by atoms with Crippen LogP contribution in [0.15, 0.2) is 18.2 Å². The predicted molar refractivity (Wildman–Crippen MR) is 61.4 cm³/mol. The van der Waals surface area contributed by atoms with Crippen LogP contribution >= 0.6 is 0 Å². The van der Waals surface area contributed by atoms with Gasteiger partial charge in [-0.3, -0.25) is 14.5 Å². The van der Waals surface area contributed by atoms with Gasteiger partial charge in [-0.2, -0.15) is 5.26 Å². The average molecular weight is 228 g/mol. The third-order valence-electron chi connectivity index (χ3n) is 2.80. The minimum atomic E-state index is -0.247. The molecule has 1 aromatic rings. The summed E-state index contributed by atoms with van der Waals surface area (Å²) in [6.07, 6.45) is 0.882. The first-order chi connectivity index (χ1) is 8.15. The molecule has 2 rings (SSSR count). The largest absolute Gasteiger partial charge is 0.274 e. The Hall–Kier alpha value is -2.15. The Balaban J connectivity index is 2.24. The van der Waals surface area contributed by atoms with E-state index < -0.39 is 0 Å². The standard InChI is InChI=1S/C13H12N2O2/c1-9-4-5-10-11(8-9)13(17)15(12(10)16)7-3-2-6-14/h4-5,8H,2-3,7H2,1H3. The third-order valence-corrected chi connectivity index (χ3v) is 2.80. The van der Waals surface area contributed by atoms with Crippen LogP contribution in [0.2, 0.25) is 0 Å². The van der Waals surface area contributed by atoms with Crippen LogP contribution in [0.4, 0.5) is 0 Å². The second-order valence-corrected chi connectivity index (χ2v) is 4.07. The monoisotopic (exact) mass is 228 g/mol. The highest BCUT2D eigenvalue weighted by Gasteiger charge is 2.34. The summed E-state index contributed by atoms with van der Waals surface area (Å²) in [7, 11) is 0. The Labute approximate surface area is 99.5 Å². The zero-order chi connectivity index (χ0) is 12.4. The van der Waals surface area contributed by atoms with Gasteiger partial charge in [-0.1, -0.05) is 11.6 Å². The number of amides is 2. The van der Waals surface area contributed by atoms with E-state index in [0.29, 0.717) is 30.5 Å². The Morgan fingerprint density at radius 1 is 1.24 bits per heavy atom. The number of fused-ring (bicyclic) bond motifs is 1. The lowest BCUT2D eigenvalue weighted by molar-refractivity contribution is 0.0653. The topological polar surface area (TPSA) is 61.2 Å². The van der Waals surface area contributed by atoms with Gasteiger partial charge in [-0.05, 0) is 25.5 Å². The van der Waals surface area contributed by atoms with Crippen molar-refractivity contribution in [3.63, 3.8) is 0 Å². The summed E-state index contributed by atoms with van der Waals surface area (Å²) in [6, 6.07) is 7.25. The van der Waals surface area contributed by atoms with Gasteiger partial charge >= 0.3 is 0 Å². The second kappa shape index (κ2) is 4.38. The van der Waals surface area contributed by atoms with Gasteiger partial charge in [0.25, 0.3) is 11.8 Å². The summed E-state index contributed by atoms with van der Waals surface area (Å²) in [5, 5.41) is 8.44. The van der Waals surface area contributed by atoms with Crippen molar-refractivity contribution in [1.82, 2.24) is 4.90 Å². The van der Waals surface area contributed by atoms with Gasteiger partial charge in [-0.25, -0.2) is 0 Å². The maximum atomic E-state index is 12.0. The number of hydrogen-bond acceptors (Lipinski definition) is 3. The molecule has 0 atom stereocenters. The Morgan fingerprint density at radius 3 is 2.65 bits per heavy atom. The maximum absolute atomic E-state index is 12.0. The molecule has 0 fully saturated rings. The molecule has 0 aromatic heterocycles. The molecule has 17 heavy (non-hydrogen) atoms. The highest BCUT2D eigenvalue weighted by atomic mass is 16.2. The first-order valence-corrected chi connectivity index (χ1v) is 5.49. The zero-order valence-corrected chi connectivity index (χ0v) is 9.56. The zero-order valence-electron chi connectivity index (χ0n) is 9.56. The maximum Gasteiger partial charge on any atom is 0.261 e. The molecule has 86 valence electrons. The summed E-state index contributed by atoms with van der Waals surface area (Å²) in [6.45, 7) is 2.20. The van der Waals surface area contributed by atoms with Crippen LogP contribution < -0.4 is 0 Å². The minimum Gasteiger partial charge on any atom is -0.274 e. The molecule has 0 saturated carbocycles. The van der Waals surface area contributed by atoms with Crippen LogP contribution in [-0.4, -0.2) is 23.3 Å². The fraction of sp³-hybridized carbons (Fsp3) is 0.308. The summed E-state index contributed by atoms with van der Waals surface area (Å²) < 4.78 is 0. The molecule has 0 unspecified atom stereocenters. The van der Waals surface area contributed by atoms with E-state index in [9.17, 15) is 9.59 Å². The molecule has 0 radical (unpaired) electrons. The number of aryl methyl sites for hydroxylation is 1. The lowest BCUT2D eigenvalue weighted by atomic mass is 10.1. The highest BCUT2D eigenvalue weighted by Crippen LogP contribution is 2.23. The average Bonchev–Trinajstić information content (AvgIpc) is 2.54. The van der Waals surface area contributed by atoms with Gasteiger partial charge in [-0.15, -0.1) is 0 Å². The molecule has 1 heterocycles. The van der Waals surface area contributed by atoms with E-state index >= 15 is 0 Å². The van der Waals surface area contributed by atoms with Crippen molar-refractivity contribution in [2.75, 3.05) is 6.54 Å². The van der Waals surface area contributed by atoms with E-state index in [1.165, 1.54) is 4.90 Å². The highest BCUT2D eigenvalue weighted by molar-refractivity contribution is 6.21. The van der Waals surface area contributed by atoms with E-state index in [2.05, 4.69) is 0 Å². The van der Waals surface area contributed by atoms with E-state index in [4.69, 9.17) is 5.26 Å². The van der Waals surface area contributed by atoms with Gasteiger partial charge in [0, 0.05) is 13.0 Å².